The lowest BCUT2D eigenvalue weighted by Crippen LogP contribution is -2.46. The van der Waals surface area contributed by atoms with Crippen LogP contribution in [0.3, 0.4) is 0 Å². The third-order valence-electron chi connectivity index (χ3n) is 2.59. The summed E-state index contributed by atoms with van der Waals surface area (Å²) in [5.41, 5.74) is 0.816. The van der Waals surface area contributed by atoms with Crippen LogP contribution in [0, 0.1) is 0 Å². The predicted molar refractivity (Wildman–Crippen MR) is 66.0 cm³/mol. The zero-order chi connectivity index (χ0) is 13.5. The molecule has 0 saturated heterocycles. The molecule has 2 atom stereocenters. The normalized spacial score (nSPS) is 13.7. The van der Waals surface area contributed by atoms with Gasteiger partial charge in [-0.2, -0.15) is 0 Å². The minimum Gasteiger partial charge on any atom is -0.480 e. The fourth-order valence-electron chi connectivity index (χ4n) is 1.50. The van der Waals surface area contributed by atoms with Gasteiger partial charge in [0.25, 0.3) is 0 Å². The number of aliphatic hydroxyl groups excluding tert-OH is 1. The lowest BCUT2D eigenvalue weighted by atomic mass is 10.1. The van der Waals surface area contributed by atoms with Crippen molar-refractivity contribution < 1.29 is 19.8 Å². The lowest BCUT2D eigenvalue weighted by molar-refractivity contribution is -0.143. The molecule has 0 bridgehead atoms. The van der Waals surface area contributed by atoms with E-state index >= 15 is 0 Å². The number of hydrogen-bond donors (Lipinski definition) is 3. The molecule has 0 aromatic heterocycles. The summed E-state index contributed by atoms with van der Waals surface area (Å²) in [5.74, 6) is -1.77. The number of carbonyl (C=O) groups is 2. The molecular formula is C13H17NO4. The number of nitrogens with one attached hydrogen (secondary N) is 1. The topological polar surface area (TPSA) is 86.6 Å². The molecule has 0 spiro atoms. The average Bonchev–Trinajstić information content (AvgIpc) is 2.37. The first-order valence-corrected chi connectivity index (χ1v) is 5.79. The number of aliphatic hydroxyl groups is 1. The van der Waals surface area contributed by atoms with Crippen LogP contribution in [0.4, 0.5) is 0 Å². The number of hydrogen-bond acceptors (Lipinski definition) is 3. The molecule has 1 amide bonds. The molecular weight excluding hydrogens is 234 g/mol. The summed E-state index contributed by atoms with van der Waals surface area (Å²) >= 11 is 0. The van der Waals surface area contributed by atoms with Gasteiger partial charge in [0.15, 0.2) is 0 Å². The molecule has 1 aromatic rings. The van der Waals surface area contributed by atoms with Gasteiger partial charge in [0.1, 0.15) is 12.1 Å². The number of rotatable bonds is 6. The highest BCUT2D eigenvalue weighted by Gasteiger charge is 2.23. The summed E-state index contributed by atoms with van der Waals surface area (Å²) < 4.78 is 0. The molecule has 0 aliphatic heterocycles. The molecule has 0 radical (unpaired) electrons. The Morgan fingerprint density at radius 2 is 1.89 bits per heavy atom. The molecule has 0 saturated carbocycles. The highest BCUT2D eigenvalue weighted by atomic mass is 16.4. The van der Waals surface area contributed by atoms with E-state index in [0.29, 0.717) is 0 Å². The molecule has 5 heteroatoms. The first-order valence-electron chi connectivity index (χ1n) is 5.79. The van der Waals surface area contributed by atoms with Crippen molar-refractivity contribution in [2.45, 2.75) is 31.9 Å². The fraction of sp³-hybridized carbons (Fsp3) is 0.385. The predicted octanol–water partition coefficient (Wildman–Crippen LogP) is 0.569. The van der Waals surface area contributed by atoms with Crippen LogP contribution in [-0.4, -0.2) is 34.2 Å². The molecule has 1 rings (SSSR count). The van der Waals surface area contributed by atoms with Crippen molar-refractivity contribution >= 4 is 11.9 Å². The Kier molecular flexibility index (Phi) is 5.32. The SMILES string of the molecule is CC[C@H](O)C(=O)N[C@@H](Cc1ccccc1)C(=O)O. The van der Waals surface area contributed by atoms with Crippen LogP contribution in [0.15, 0.2) is 30.3 Å². The minimum atomic E-state index is -1.16. The quantitative estimate of drug-likeness (QED) is 0.690. The molecule has 3 N–H and O–H groups in total. The molecule has 0 fully saturated rings. The summed E-state index contributed by atoms with van der Waals surface area (Å²) in [6.45, 7) is 1.65. The molecule has 98 valence electrons. The van der Waals surface area contributed by atoms with Gasteiger partial charge in [-0.15, -0.1) is 0 Å². The molecule has 1 aromatic carbocycles. The van der Waals surface area contributed by atoms with Gasteiger partial charge in [0, 0.05) is 6.42 Å². The van der Waals surface area contributed by atoms with E-state index in [4.69, 9.17) is 5.11 Å². The van der Waals surface area contributed by atoms with Gasteiger partial charge in [0.05, 0.1) is 0 Å². The van der Waals surface area contributed by atoms with Crippen molar-refractivity contribution in [1.82, 2.24) is 5.32 Å². The van der Waals surface area contributed by atoms with Crippen LogP contribution >= 0.6 is 0 Å². The van der Waals surface area contributed by atoms with Crippen LogP contribution in [0.1, 0.15) is 18.9 Å². The number of carboxylic acid groups (broad SMARTS) is 1. The smallest absolute Gasteiger partial charge is 0.326 e. The Hall–Kier alpha value is -1.88. The van der Waals surface area contributed by atoms with E-state index in [9.17, 15) is 14.7 Å². The highest BCUT2D eigenvalue weighted by molar-refractivity contribution is 5.86. The first kappa shape index (κ1) is 14.2. The van der Waals surface area contributed by atoms with Crippen molar-refractivity contribution in [1.29, 1.82) is 0 Å². The maximum absolute atomic E-state index is 11.5. The number of carbonyl (C=O) groups excluding carboxylic acids is 1. The second kappa shape index (κ2) is 6.76. The Morgan fingerprint density at radius 3 is 2.39 bits per heavy atom. The number of aliphatic carboxylic acids is 1. The first-order chi connectivity index (χ1) is 8.54. The van der Waals surface area contributed by atoms with Gasteiger partial charge in [0.2, 0.25) is 5.91 Å². The largest absolute Gasteiger partial charge is 0.480 e. The van der Waals surface area contributed by atoms with E-state index < -0.39 is 24.0 Å². The highest BCUT2D eigenvalue weighted by Crippen LogP contribution is 2.04. The van der Waals surface area contributed by atoms with E-state index in [1.165, 1.54) is 0 Å². The van der Waals surface area contributed by atoms with E-state index in [-0.39, 0.29) is 12.8 Å². The molecule has 0 heterocycles. The summed E-state index contributed by atoms with van der Waals surface area (Å²) in [6, 6.07) is 7.99. The van der Waals surface area contributed by atoms with E-state index in [1.807, 2.05) is 6.07 Å². The minimum absolute atomic E-state index is 0.193. The maximum atomic E-state index is 11.5. The monoisotopic (exact) mass is 251 g/mol. The van der Waals surface area contributed by atoms with Crippen LogP contribution in [0.2, 0.25) is 0 Å². The van der Waals surface area contributed by atoms with Crippen LogP contribution in [0.5, 0.6) is 0 Å². The van der Waals surface area contributed by atoms with Gasteiger partial charge < -0.3 is 15.5 Å². The zero-order valence-corrected chi connectivity index (χ0v) is 10.2. The molecule has 18 heavy (non-hydrogen) atoms. The second-order valence-corrected chi connectivity index (χ2v) is 4.01. The summed E-state index contributed by atoms with van der Waals surface area (Å²) in [7, 11) is 0. The summed E-state index contributed by atoms with van der Waals surface area (Å²) in [4.78, 5) is 22.5. The Morgan fingerprint density at radius 1 is 1.28 bits per heavy atom. The van der Waals surface area contributed by atoms with Gasteiger partial charge >= 0.3 is 5.97 Å². The molecule has 0 unspecified atom stereocenters. The van der Waals surface area contributed by atoms with Gasteiger partial charge in [-0.3, -0.25) is 4.79 Å². The third kappa shape index (κ3) is 4.18. The summed E-state index contributed by atoms with van der Waals surface area (Å²) in [6.07, 6.45) is -0.718. The van der Waals surface area contributed by atoms with E-state index in [0.717, 1.165) is 5.56 Å². The van der Waals surface area contributed by atoms with Crippen molar-refractivity contribution in [3.8, 4) is 0 Å². The summed E-state index contributed by atoms with van der Waals surface area (Å²) in [5, 5.41) is 20.7. The molecule has 0 aliphatic carbocycles. The lowest BCUT2D eigenvalue weighted by Gasteiger charge is -2.16. The van der Waals surface area contributed by atoms with Crippen LogP contribution in [-0.2, 0) is 16.0 Å². The van der Waals surface area contributed by atoms with Gasteiger partial charge in [-0.05, 0) is 12.0 Å². The maximum Gasteiger partial charge on any atom is 0.326 e. The standard InChI is InChI=1S/C13H17NO4/c1-2-11(15)12(16)14-10(13(17)18)8-9-6-4-3-5-7-9/h3-7,10-11,15H,2,8H2,1H3,(H,14,16)(H,17,18)/t10-,11-/m0/s1. The Bertz CT molecular complexity index is 405. The zero-order valence-electron chi connectivity index (χ0n) is 10.2. The van der Waals surface area contributed by atoms with E-state index in [2.05, 4.69) is 5.32 Å². The van der Waals surface area contributed by atoms with Crippen molar-refractivity contribution in [2.24, 2.45) is 0 Å². The van der Waals surface area contributed by atoms with Crippen molar-refractivity contribution in [2.75, 3.05) is 0 Å². The van der Waals surface area contributed by atoms with Gasteiger partial charge in [-0.25, -0.2) is 4.79 Å². The second-order valence-electron chi connectivity index (χ2n) is 4.01. The molecule has 5 nitrogen and oxygen atoms in total. The Balaban J connectivity index is 2.67. The van der Waals surface area contributed by atoms with Crippen molar-refractivity contribution in [3.63, 3.8) is 0 Å². The Labute approximate surface area is 105 Å². The fourth-order valence-corrected chi connectivity index (χ4v) is 1.50. The number of benzene rings is 1. The van der Waals surface area contributed by atoms with Crippen LogP contribution < -0.4 is 5.32 Å². The van der Waals surface area contributed by atoms with E-state index in [1.54, 1.807) is 31.2 Å². The number of amides is 1. The number of carboxylic acids is 1. The van der Waals surface area contributed by atoms with Gasteiger partial charge in [-0.1, -0.05) is 37.3 Å². The van der Waals surface area contributed by atoms with Crippen molar-refractivity contribution in [3.05, 3.63) is 35.9 Å². The third-order valence-corrected chi connectivity index (χ3v) is 2.59. The molecule has 0 aliphatic rings. The van der Waals surface area contributed by atoms with Crippen LogP contribution in [0.25, 0.3) is 0 Å². The average molecular weight is 251 g/mol.